The number of hydrogen-bond donors (Lipinski definition) is 0. The predicted octanol–water partition coefficient (Wildman–Crippen LogP) is 1.10. The Morgan fingerprint density at radius 2 is 1.93 bits per heavy atom. The van der Waals surface area contributed by atoms with Gasteiger partial charge < -0.3 is 9.47 Å². The van der Waals surface area contributed by atoms with Crippen molar-refractivity contribution in [1.82, 2.24) is 23.6 Å². The summed E-state index contributed by atoms with van der Waals surface area (Å²) in [6.45, 7) is 2.19. The van der Waals surface area contributed by atoms with E-state index in [1.807, 2.05) is 12.4 Å². The summed E-state index contributed by atoms with van der Waals surface area (Å²) in [5, 5.41) is 0. The smallest absolute Gasteiger partial charge is 0.331 e. The highest BCUT2D eigenvalue weighted by molar-refractivity contribution is 5.92. The van der Waals surface area contributed by atoms with Crippen LogP contribution in [0.5, 0.6) is 0 Å². The molecule has 2 aromatic heterocycles. The normalized spacial score (nSPS) is 20.2. The van der Waals surface area contributed by atoms with Crippen molar-refractivity contribution in [3.63, 3.8) is 0 Å². The summed E-state index contributed by atoms with van der Waals surface area (Å²) in [6.07, 6.45) is 9.63. The van der Waals surface area contributed by atoms with Gasteiger partial charge in [0.25, 0.3) is 11.5 Å². The van der Waals surface area contributed by atoms with Gasteiger partial charge in [0.15, 0.2) is 0 Å². The van der Waals surface area contributed by atoms with E-state index in [0.29, 0.717) is 13.1 Å². The molecular formula is C20H27N5O3. The Bertz CT molecular complexity index is 998. The van der Waals surface area contributed by atoms with E-state index in [0.717, 1.165) is 35.7 Å². The second kappa shape index (κ2) is 7.41. The first-order chi connectivity index (χ1) is 13.5. The van der Waals surface area contributed by atoms with Gasteiger partial charge in [-0.25, -0.2) is 9.78 Å². The van der Waals surface area contributed by atoms with E-state index in [1.54, 1.807) is 4.90 Å². The lowest BCUT2D eigenvalue weighted by molar-refractivity contribution is 0.0690. The molecular weight excluding hydrogens is 358 g/mol. The van der Waals surface area contributed by atoms with Crippen LogP contribution in [0.1, 0.15) is 54.3 Å². The zero-order valence-electron chi connectivity index (χ0n) is 16.5. The average Bonchev–Trinajstić information content (AvgIpc) is 3.14. The van der Waals surface area contributed by atoms with E-state index >= 15 is 0 Å². The highest BCUT2D eigenvalue weighted by Gasteiger charge is 2.30. The second-order valence-electron chi connectivity index (χ2n) is 8.09. The lowest BCUT2D eigenvalue weighted by Gasteiger charge is -2.34. The molecule has 0 radical (unpaired) electrons. The van der Waals surface area contributed by atoms with Gasteiger partial charge in [0, 0.05) is 58.1 Å². The quantitative estimate of drug-likeness (QED) is 0.789. The zero-order chi connectivity index (χ0) is 19.8. The monoisotopic (exact) mass is 385 g/mol. The van der Waals surface area contributed by atoms with Gasteiger partial charge in [-0.05, 0) is 31.6 Å². The van der Waals surface area contributed by atoms with E-state index in [2.05, 4.69) is 9.55 Å². The maximum atomic E-state index is 13.1. The number of rotatable bonds is 4. The first-order valence-corrected chi connectivity index (χ1v) is 10.0. The van der Waals surface area contributed by atoms with Crippen LogP contribution in [0.15, 0.2) is 28.0 Å². The van der Waals surface area contributed by atoms with Crippen LogP contribution in [-0.4, -0.2) is 42.6 Å². The number of amides is 1. The Morgan fingerprint density at radius 1 is 1.14 bits per heavy atom. The molecule has 150 valence electrons. The van der Waals surface area contributed by atoms with Crippen LogP contribution in [0.2, 0.25) is 0 Å². The third kappa shape index (κ3) is 3.31. The maximum absolute atomic E-state index is 13.1. The van der Waals surface area contributed by atoms with Crippen molar-refractivity contribution in [2.75, 3.05) is 13.1 Å². The lowest BCUT2D eigenvalue weighted by Crippen LogP contribution is -2.45. The molecule has 0 N–H and O–H groups in total. The number of carbonyl (C=O) groups is 1. The molecule has 2 aliphatic rings. The van der Waals surface area contributed by atoms with Crippen molar-refractivity contribution in [3.05, 3.63) is 50.8 Å². The predicted molar refractivity (Wildman–Crippen MR) is 104 cm³/mol. The molecule has 4 rings (SSSR count). The van der Waals surface area contributed by atoms with Gasteiger partial charge in [-0.3, -0.25) is 18.7 Å². The third-order valence-corrected chi connectivity index (χ3v) is 6.25. The number of likely N-dealkylation sites (tertiary alicyclic amines) is 1. The number of nitrogens with zero attached hydrogens (tertiary/aromatic N) is 5. The molecule has 28 heavy (non-hydrogen) atoms. The lowest BCUT2D eigenvalue weighted by atomic mass is 9.85. The van der Waals surface area contributed by atoms with Gasteiger partial charge in [0.2, 0.25) is 0 Å². The van der Waals surface area contributed by atoms with E-state index < -0.39 is 11.2 Å². The Labute approximate surface area is 163 Å². The summed E-state index contributed by atoms with van der Waals surface area (Å²) >= 11 is 0. The highest BCUT2D eigenvalue weighted by atomic mass is 16.2. The molecule has 1 aliphatic heterocycles. The van der Waals surface area contributed by atoms with Gasteiger partial charge in [0.1, 0.15) is 11.5 Å². The number of piperidine rings is 1. The van der Waals surface area contributed by atoms with E-state index in [1.165, 1.54) is 44.0 Å². The fourth-order valence-corrected chi connectivity index (χ4v) is 4.26. The minimum atomic E-state index is -0.486. The second-order valence-corrected chi connectivity index (χ2v) is 8.09. The minimum Gasteiger partial charge on any atom is -0.337 e. The van der Waals surface area contributed by atoms with Gasteiger partial charge in [-0.2, -0.15) is 0 Å². The molecule has 8 nitrogen and oxygen atoms in total. The third-order valence-electron chi connectivity index (χ3n) is 6.25. The number of aromatic nitrogens is 4. The van der Waals surface area contributed by atoms with Crippen molar-refractivity contribution in [1.29, 1.82) is 0 Å². The van der Waals surface area contributed by atoms with E-state index in [-0.39, 0.29) is 17.5 Å². The molecule has 1 atom stereocenters. The van der Waals surface area contributed by atoms with Gasteiger partial charge in [0.05, 0.1) is 0 Å². The molecule has 3 heterocycles. The first kappa shape index (κ1) is 18.7. The van der Waals surface area contributed by atoms with Crippen molar-refractivity contribution < 1.29 is 4.79 Å². The van der Waals surface area contributed by atoms with Gasteiger partial charge in [-0.15, -0.1) is 0 Å². The van der Waals surface area contributed by atoms with E-state index in [4.69, 9.17) is 0 Å². The van der Waals surface area contributed by atoms with Crippen LogP contribution < -0.4 is 11.2 Å². The van der Waals surface area contributed by atoms with Crippen LogP contribution in [0.3, 0.4) is 0 Å². The fraction of sp³-hybridized carbons (Fsp3) is 0.600. The summed E-state index contributed by atoms with van der Waals surface area (Å²) in [5.41, 5.74) is -0.803. The molecule has 0 bridgehead atoms. The van der Waals surface area contributed by atoms with Crippen LogP contribution in [0.25, 0.3) is 0 Å². The van der Waals surface area contributed by atoms with Crippen molar-refractivity contribution in [2.45, 2.75) is 44.6 Å². The van der Waals surface area contributed by atoms with E-state index in [9.17, 15) is 14.4 Å². The van der Waals surface area contributed by atoms with Crippen molar-refractivity contribution in [2.24, 2.45) is 20.0 Å². The highest BCUT2D eigenvalue weighted by Crippen LogP contribution is 2.31. The molecule has 0 aromatic carbocycles. The van der Waals surface area contributed by atoms with Crippen LogP contribution in [-0.2, 0) is 20.6 Å². The molecule has 0 spiro atoms. The maximum Gasteiger partial charge on any atom is 0.331 e. The molecule has 8 heteroatoms. The first-order valence-electron chi connectivity index (χ1n) is 10.0. The Kier molecular flexibility index (Phi) is 4.95. The SMILES string of the molecule is Cn1c(C(=O)N2CCCC(c3nccn3CC3CCC3)C2)cc(=O)n(C)c1=O. The summed E-state index contributed by atoms with van der Waals surface area (Å²) in [7, 11) is 2.94. The van der Waals surface area contributed by atoms with Gasteiger partial charge >= 0.3 is 5.69 Å². The molecule has 1 saturated carbocycles. The fourth-order valence-electron chi connectivity index (χ4n) is 4.26. The Balaban J connectivity index is 1.55. The molecule has 1 amide bonds. The molecule has 2 fully saturated rings. The Morgan fingerprint density at radius 3 is 2.64 bits per heavy atom. The average molecular weight is 385 g/mol. The van der Waals surface area contributed by atoms with Gasteiger partial charge in [-0.1, -0.05) is 6.42 Å². The number of hydrogen-bond acceptors (Lipinski definition) is 4. The summed E-state index contributed by atoms with van der Waals surface area (Å²) in [6, 6.07) is 1.25. The Hall–Kier alpha value is -2.64. The van der Waals surface area contributed by atoms with Crippen molar-refractivity contribution in [3.8, 4) is 0 Å². The van der Waals surface area contributed by atoms with Crippen LogP contribution in [0.4, 0.5) is 0 Å². The summed E-state index contributed by atoms with van der Waals surface area (Å²) < 4.78 is 4.51. The molecule has 2 aromatic rings. The molecule has 1 aliphatic carbocycles. The van der Waals surface area contributed by atoms with Crippen molar-refractivity contribution >= 4 is 5.91 Å². The molecule has 1 saturated heterocycles. The van der Waals surface area contributed by atoms with Crippen LogP contribution >= 0.6 is 0 Å². The number of carbonyl (C=O) groups excluding carboxylic acids is 1. The summed E-state index contributed by atoms with van der Waals surface area (Å²) in [4.78, 5) is 43.6. The van der Waals surface area contributed by atoms with Crippen LogP contribution in [0, 0.1) is 5.92 Å². The largest absolute Gasteiger partial charge is 0.337 e. The standard InChI is InChI=1S/C20H27N5O3/c1-22-16(11-17(26)23(2)20(22)28)19(27)25-9-4-7-15(13-25)18-21-8-10-24(18)12-14-5-3-6-14/h8,10-11,14-15H,3-7,9,12-13H2,1-2H3. The number of imidazole rings is 1. The molecule has 1 unspecified atom stereocenters. The zero-order valence-corrected chi connectivity index (χ0v) is 16.5. The summed E-state index contributed by atoms with van der Waals surface area (Å²) in [5.74, 6) is 1.70. The minimum absolute atomic E-state index is 0.145. The topological polar surface area (TPSA) is 82.1 Å².